The molecule has 0 aliphatic rings. The smallest absolute Gasteiger partial charge is 0.123 e. The third-order valence-electron chi connectivity index (χ3n) is 2.89. The summed E-state index contributed by atoms with van der Waals surface area (Å²) in [6.45, 7) is 3.99. The van der Waals surface area contributed by atoms with Crippen LogP contribution in [-0.2, 0) is 6.54 Å². The van der Waals surface area contributed by atoms with Crippen molar-refractivity contribution in [2.75, 3.05) is 13.6 Å². The van der Waals surface area contributed by atoms with Crippen molar-refractivity contribution in [1.82, 2.24) is 14.9 Å². The molecule has 0 aliphatic heterocycles. The van der Waals surface area contributed by atoms with E-state index in [9.17, 15) is 4.39 Å². The number of nitrogens with one attached hydrogen (secondary N) is 1. The summed E-state index contributed by atoms with van der Waals surface area (Å²) < 4.78 is 15.3. The van der Waals surface area contributed by atoms with E-state index < -0.39 is 0 Å². The Hall–Kier alpha value is -1.68. The van der Waals surface area contributed by atoms with Crippen molar-refractivity contribution in [3.63, 3.8) is 0 Å². The minimum Gasteiger partial charge on any atom is -0.330 e. The van der Waals surface area contributed by atoms with Crippen molar-refractivity contribution >= 4 is 0 Å². The van der Waals surface area contributed by atoms with Gasteiger partial charge in [0.2, 0.25) is 0 Å². The topological polar surface area (TPSA) is 29.9 Å². The summed E-state index contributed by atoms with van der Waals surface area (Å²) in [4.78, 5) is 4.16. The molecule has 4 heteroatoms. The zero-order valence-electron chi connectivity index (χ0n) is 10.7. The van der Waals surface area contributed by atoms with Gasteiger partial charge in [-0.25, -0.2) is 9.37 Å². The molecule has 0 radical (unpaired) electrons. The quantitative estimate of drug-likeness (QED) is 0.880. The van der Waals surface area contributed by atoms with Crippen molar-refractivity contribution in [3.8, 4) is 11.3 Å². The lowest BCUT2D eigenvalue weighted by atomic mass is 10.1. The molecule has 2 aromatic rings. The van der Waals surface area contributed by atoms with Crippen molar-refractivity contribution in [3.05, 3.63) is 42.6 Å². The zero-order valence-corrected chi connectivity index (χ0v) is 10.7. The van der Waals surface area contributed by atoms with Crippen LogP contribution in [0.15, 0.2) is 36.8 Å². The van der Waals surface area contributed by atoms with E-state index >= 15 is 0 Å². The Morgan fingerprint density at radius 1 is 1.44 bits per heavy atom. The summed E-state index contributed by atoms with van der Waals surface area (Å²) >= 11 is 0. The second-order valence-electron chi connectivity index (χ2n) is 4.60. The van der Waals surface area contributed by atoms with Crippen LogP contribution >= 0.6 is 0 Å². The molecule has 0 saturated heterocycles. The maximum absolute atomic E-state index is 13.2. The summed E-state index contributed by atoms with van der Waals surface area (Å²) in [5.41, 5.74) is 1.82. The molecule has 1 atom stereocenters. The van der Waals surface area contributed by atoms with E-state index in [4.69, 9.17) is 0 Å². The number of nitrogens with zero attached hydrogens (tertiary/aromatic N) is 2. The lowest BCUT2D eigenvalue weighted by molar-refractivity contribution is 0.464. The number of hydrogen-bond acceptors (Lipinski definition) is 2. The normalized spacial score (nSPS) is 12.6. The number of hydrogen-bond donors (Lipinski definition) is 1. The molecule has 96 valence electrons. The van der Waals surface area contributed by atoms with Crippen molar-refractivity contribution < 1.29 is 4.39 Å². The van der Waals surface area contributed by atoms with Crippen molar-refractivity contribution in [2.45, 2.75) is 13.5 Å². The van der Waals surface area contributed by atoms with Crippen LogP contribution in [0.4, 0.5) is 4.39 Å². The highest BCUT2D eigenvalue weighted by Gasteiger charge is 2.08. The molecule has 0 bridgehead atoms. The average molecular weight is 247 g/mol. The standard InChI is InChI=1S/C14H18FN3/c1-11(7-16-2)9-18-10-17-8-14(18)12-4-3-5-13(15)6-12/h3-6,8,10-11,16H,7,9H2,1-2H3. The molecule has 18 heavy (non-hydrogen) atoms. The monoisotopic (exact) mass is 247 g/mol. The van der Waals surface area contributed by atoms with Gasteiger partial charge in [-0.2, -0.15) is 0 Å². The molecule has 1 aromatic heterocycles. The highest BCUT2D eigenvalue weighted by atomic mass is 19.1. The van der Waals surface area contributed by atoms with Gasteiger partial charge in [0.1, 0.15) is 5.82 Å². The molecular formula is C14H18FN3. The van der Waals surface area contributed by atoms with Crippen LogP contribution in [0.25, 0.3) is 11.3 Å². The van der Waals surface area contributed by atoms with Crippen LogP contribution in [0.5, 0.6) is 0 Å². The van der Waals surface area contributed by atoms with Gasteiger partial charge >= 0.3 is 0 Å². The second kappa shape index (κ2) is 5.78. The van der Waals surface area contributed by atoms with E-state index in [0.29, 0.717) is 5.92 Å². The number of aromatic nitrogens is 2. The predicted molar refractivity (Wildman–Crippen MR) is 70.7 cm³/mol. The van der Waals surface area contributed by atoms with E-state index in [1.807, 2.05) is 13.1 Å². The van der Waals surface area contributed by atoms with Crippen LogP contribution in [-0.4, -0.2) is 23.1 Å². The molecule has 1 unspecified atom stereocenters. The summed E-state index contributed by atoms with van der Waals surface area (Å²) in [7, 11) is 1.94. The zero-order chi connectivity index (χ0) is 13.0. The third-order valence-corrected chi connectivity index (χ3v) is 2.89. The highest BCUT2D eigenvalue weighted by Crippen LogP contribution is 2.20. The molecule has 0 spiro atoms. The van der Waals surface area contributed by atoms with Crippen LogP contribution in [0.1, 0.15) is 6.92 Å². The summed E-state index contributed by atoms with van der Waals surface area (Å²) in [5, 5.41) is 3.15. The van der Waals surface area contributed by atoms with Gasteiger partial charge in [0.25, 0.3) is 0 Å². The Morgan fingerprint density at radius 3 is 3.00 bits per heavy atom. The van der Waals surface area contributed by atoms with Crippen LogP contribution < -0.4 is 5.32 Å². The SMILES string of the molecule is CNCC(C)Cn1cncc1-c1cccc(F)c1. The third kappa shape index (κ3) is 2.96. The van der Waals surface area contributed by atoms with Crippen LogP contribution in [0.2, 0.25) is 0 Å². The summed E-state index contributed by atoms with van der Waals surface area (Å²) in [6.07, 6.45) is 3.58. The Bertz CT molecular complexity index is 507. The summed E-state index contributed by atoms with van der Waals surface area (Å²) in [5.74, 6) is 0.278. The minimum atomic E-state index is -0.219. The molecule has 1 aromatic carbocycles. The Morgan fingerprint density at radius 2 is 2.28 bits per heavy atom. The van der Waals surface area contributed by atoms with E-state index in [0.717, 1.165) is 24.3 Å². The molecule has 1 N–H and O–H groups in total. The summed E-state index contributed by atoms with van der Waals surface area (Å²) in [6, 6.07) is 6.61. The van der Waals surface area contributed by atoms with Gasteiger partial charge < -0.3 is 9.88 Å². The van der Waals surface area contributed by atoms with Gasteiger partial charge in [-0.1, -0.05) is 19.1 Å². The Balaban J connectivity index is 2.22. The van der Waals surface area contributed by atoms with Gasteiger partial charge in [-0.05, 0) is 31.6 Å². The predicted octanol–water partition coefficient (Wildman–Crippen LogP) is 2.54. The van der Waals surface area contributed by atoms with Gasteiger partial charge in [-0.15, -0.1) is 0 Å². The molecule has 0 fully saturated rings. The van der Waals surface area contributed by atoms with Gasteiger partial charge in [0.05, 0.1) is 18.2 Å². The van der Waals surface area contributed by atoms with Crippen molar-refractivity contribution in [2.24, 2.45) is 5.92 Å². The first kappa shape index (κ1) is 12.8. The maximum Gasteiger partial charge on any atom is 0.123 e. The lowest BCUT2D eigenvalue weighted by Crippen LogP contribution is -2.20. The van der Waals surface area contributed by atoms with E-state index in [-0.39, 0.29) is 5.82 Å². The molecule has 0 amide bonds. The largest absolute Gasteiger partial charge is 0.330 e. The number of benzene rings is 1. The van der Waals surface area contributed by atoms with Gasteiger partial charge in [0, 0.05) is 12.1 Å². The number of rotatable bonds is 5. The first-order valence-corrected chi connectivity index (χ1v) is 6.11. The van der Waals surface area contributed by atoms with Crippen LogP contribution in [0, 0.1) is 11.7 Å². The van der Waals surface area contributed by atoms with Gasteiger partial charge in [-0.3, -0.25) is 0 Å². The molecule has 0 saturated carbocycles. The molecule has 1 heterocycles. The fourth-order valence-electron chi connectivity index (χ4n) is 2.10. The van der Waals surface area contributed by atoms with Gasteiger partial charge in [0.15, 0.2) is 0 Å². The molecule has 0 aliphatic carbocycles. The number of imidazole rings is 1. The maximum atomic E-state index is 13.2. The van der Waals surface area contributed by atoms with Crippen molar-refractivity contribution in [1.29, 1.82) is 0 Å². The fourth-order valence-corrected chi connectivity index (χ4v) is 2.10. The Labute approximate surface area is 107 Å². The average Bonchev–Trinajstić information content (AvgIpc) is 2.77. The lowest BCUT2D eigenvalue weighted by Gasteiger charge is -2.14. The van der Waals surface area contributed by atoms with E-state index in [1.165, 1.54) is 12.1 Å². The van der Waals surface area contributed by atoms with E-state index in [1.54, 1.807) is 18.6 Å². The molecule has 3 nitrogen and oxygen atoms in total. The molecule has 2 rings (SSSR count). The first-order valence-electron chi connectivity index (χ1n) is 6.11. The molecular weight excluding hydrogens is 229 g/mol. The first-order chi connectivity index (χ1) is 8.70. The van der Waals surface area contributed by atoms with Crippen LogP contribution in [0.3, 0.4) is 0 Å². The number of halogens is 1. The second-order valence-corrected chi connectivity index (χ2v) is 4.60. The van der Waals surface area contributed by atoms with E-state index in [2.05, 4.69) is 21.8 Å². The Kier molecular flexibility index (Phi) is 4.10. The fraction of sp³-hybridized carbons (Fsp3) is 0.357. The minimum absolute atomic E-state index is 0.219. The highest BCUT2D eigenvalue weighted by molar-refractivity contribution is 5.58.